The van der Waals surface area contributed by atoms with Gasteiger partial charge in [-0.1, -0.05) is 76.1 Å². The monoisotopic (exact) mass is 528 g/mol. The number of nitrogens with one attached hydrogen (secondary N) is 1. The lowest BCUT2D eigenvalue weighted by Gasteiger charge is -2.31. The summed E-state index contributed by atoms with van der Waals surface area (Å²) in [5.74, 6) is 0.0278. The second kappa shape index (κ2) is 11.9. The van der Waals surface area contributed by atoms with Gasteiger partial charge in [0.1, 0.15) is 11.8 Å². The van der Waals surface area contributed by atoms with E-state index in [1.165, 1.54) is 0 Å². The first-order valence-corrected chi connectivity index (χ1v) is 11.7. The van der Waals surface area contributed by atoms with Crippen LogP contribution in [-0.2, 0) is 22.6 Å². The van der Waals surface area contributed by atoms with E-state index in [1.807, 2.05) is 67.6 Å². The van der Waals surface area contributed by atoms with Crippen LogP contribution in [0.4, 0.5) is 0 Å². The summed E-state index contributed by atoms with van der Waals surface area (Å²) in [7, 11) is 1.57. The summed E-state index contributed by atoms with van der Waals surface area (Å²) in [4.78, 5) is 27.9. The highest BCUT2D eigenvalue weighted by atomic mass is 79.9. The fourth-order valence-electron chi connectivity index (χ4n) is 3.47. The van der Waals surface area contributed by atoms with Crippen molar-refractivity contribution in [2.45, 2.75) is 25.9 Å². The second-order valence-electron chi connectivity index (χ2n) is 7.63. The van der Waals surface area contributed by atoms with E-state index in [9.17, 15) is 9.59 Å². The molecule has 2 amide bonds. The molecule has 1 N–H and O–H groups in total. The number of halogens is 2. The highest BCUT2D eigenvalue weighted by Crippen LogP contribution is 2.23. The molecular formula is C26H26BrClN2O3. The number of carbonyl (C=O) groups is 2. The molecule has 0 aliphatic rings. The smallest absolute Gasteiger partial charge is 0.261 e. The standard InChI is InChI=1S/C26H26BrClN2O3/c1-18-14-21(12-13-22(18)27)33-17-25(31)30(16-20-10-6-7-11-23(20)28)24(26(32)29-2)15-19-8-4-3-5-9-19/h3-14,24H,15-17H2,1-2H3,(H,29,32)/t24-/m0/s1. The fraction of sp³-hybridized carbons (Fsp3) is 0.231. The molecule has 0 fully saturated rings. The highest BCUT2D eigenvalue weighted by Gasteiger charge is 2.30. The van der Waals surface area contributed by atoms with Crippen LogP contribution < -0.4 is 10.1 Å². The Labute approximate surface area is 207 Å². The minimum absolute atomic E-state index is 0.187. The number of nitrogens with zero attached hydrogens (tertiary/aromatic N) is 1. The maximum absolute atomic E-state index is 13.4. The van der Waals surface area contributed by atoms with E-state index in [0.717, 1.165) is 21.2 Å². The predicted octanol–water partition coefficient (Wildman–Crippen LogP) is 5.18. The van der Waals surface area contributed by atoms with E-state index >= 15 is 0 Å². The van der Waals surface area contributed by atoms with Crippen LogP contribution in [-0.4, -0.2) is 36.4 Å². The molecule has 7 heteroatoms. The molecule has 0 saturated carbocycles. The van der Waals surface area contributed by atoms with Crippen LogP contribution in [0.15, 0.2) is 77.3 Å². The Morgan fingerprint density at radius 3 is 2.42 bits per heavy atom. The Morgan fingerprint density at radius 1 is 1.06 bits per heavy atom. The van der Waals surface area contributed by atoms with Gasteiger partial charge in [0.25, 0.3) is 5.91 Å². The summed E-state index contributed by atoms with van der Waals surface area (Å²) in [6, 6.07) is 21.7. The van der Waals surface area contributed by atoms with E-state index < -0.39 is 6.04 Å². The van der Waals surface area contributed by atoms with Crippen LogP contribution in [0.25, 0.3) is 0 Å². The summed E-state index contributed by atoms with van der Waals surface area (Å²) in [5.41, 5.74) is 2.71. The highest BCUT2D eigenvalue weighted by molar-refractivity contribution is 9.10. The van der Waals surface area contributed by atoms with Crippen molar-refractivity contribution in [2.75, 3.05) is 13.7 Å². The van der Waals surface area contributed by atoms with Crippen LogP contribution in [0.5, 0.6) is 5.75 Å². The molecule has 3 rings (SSSR count). The number of hydrogen-bond acceptors (Lipinski definition) is 3. The van der Waals surface area contributed by atoms with Gasteiger partial charge in [-0.2, -0.15) is 0 Å². The van der Waals surface area contributed by atoms with Crippen molar-refractivity contribution in [1.29, 1.82) is 0 Å². The van der Waals surface area contributed by atoms with E-state index in [4.69, 9.17) is 16.3 Å². The number of aryl methyl sites for hydroxylation is 1. The first kappa shape index (κ1) is 24.8. The molecular weight excluding hydrogens is 504 g/mol. The molecule has 0 aliphatic heterocycles. The Hall–Kier alpha value is -2.83. The first-order chi connectivity index (χ1) is 15.9. The lowest BCUT2D eigenvalue weighted by atomic mass is 10.0. The average Bonchev–Trinajstić information content (AvgIpc) is 2.83. The zero-order valence-corrected chi connectivity index (χ0v) is 20.9. The second-order valence-corrected chi connectivity index (χ2v) is 8.89. The molecule has 3 aromatic rings. The number of amides is 2. The van der Waals surface area contributed by atoms with Gasteiger partial charge in [0.15, 0.2) is 6.61 Å². The zero-order valence-electron chi connectivity index (χ0n) is 18.6. The maximum atomic E-state index is 13.4. The molecule has 1 atom stereocenters. The van der Waals surface area contributed by atoms with Crippen molar-refractivity contribution in [3.63, 3.8) is 0 Å². The van der Waals surface area contributed by atoms with Gasteiger partial charge in [-0.25, -0.2) is 0 Å². The molecule has 0 radical (unpaired) electrons. The molecule has 172 valence electrons. The third-order valence-electron chi connectivity index (χ3n) is 5.31. The largest absolute Gasteiger partial charge is 0.484 e. The van der Waals surface area contributed by atoms with Gasteiger partial charge in [-0.3, -0.25) is 9.59 Å². The predicted molar refractivity (Wildman–Crippen MR) is 134 cm³/mol. The molecule has 33 heavy (non-hydrogen) atoms. The molecule has 0 heterocycles. The van der Waals surface area contributed by atoms with Gasteiger partial charge in [0.2, 0.25) is 5.91 Å². The Bertz CT molecular complexity index is 1110. The van der Waals surface area contributed by atoms with Crippen molar-refractivity contribution in [2.24, 2.45) is 0 Å². The molecule has 0 spiro atoms. The number of ether oxygens (including phenoxy) is 1. The molecule has 3 aromatic carbocycles. The molecule has 0 unspecified atom stereocenters. The van der Waals surface area contributed by atoms with Crippen LogP contribution in [0.3, 0.4) is 0 Å². The Kier molecular flexibility index (Phi) is 8.92. The summed E-state index contributed by atoms with van der Waals surface area (Å²) >= 11 is 9.85. The maximum Gasteiger partial charge on any atom is 0.261 e. The van der Waals surface area contributed by atoms with E-state index in [-0.39, 0.29) is 25.0 Å². The fourth-order valence-corrected chi connectivity index (χ4v) is 3.91. The summed E-state index contributed by atoms with van der Waals surface area (Å²) in [5, 5.41) is 3.23. The average molecular weight is 530 g/mol. The van der Waals surface area contributed by atoms with Crippen molar-refractivity contribution in [3.05, 3.63) is 99.0 Å². The van der Waals surface area contributed by atoms with Crippen LogP contribution in [0.2, 0.25) is 5.02 Å². The van der Waals surface area contributed by atoms with Gasteiger partial charge in [-0.05, 0) is 47.9 Å². The van der Waals surface area contributed by atoms with Crippen LogP contribution in [0.1, 0.15) is 16.7 Å². The van der Waals surface area contributed by atoms with E-state index in [2.05, 4.69) is 21.2 Å². The van der Waals surface area contributed by atoms with Crippen LogP contribution >= 0.6 is 27.5 Å². The number of likely N-dealkylation sites (N-methyl/N-ethyl adjacent to an activating group) is 1. The van der Waals surface area contributed by atoms with Gasteiger partial charge in [0, 0.05) is 29.5 Å². The minimum Gasteiger partial charge on any atom is -0.484 e. The minimum atomic E-state index is -0.726. The summed E-state index contributed by atoms with van der Waals surface area (Å²) < 4.78 is 6.75. The molecule has 0 aliphatic carbocycles. The Balaban J connectivity index is 1.88. The summed E-state index contributed by atoms with van der Waals surface area (Å²) in [6.45, 7) is 1.93. The topological polar surface area (TPSA) is 58.6 Å². The molecule has 0 bridgehead atoms. The SMILES string of the molecule is CNC(=O)[C@H](Cc1ccccc1)N(Cc1ccccc1Cl)C(=O)COc1ccc(Br)c(C)c1. The summed E-state index contributed by atoms with van der Waals surface area (Å²) in [6.07, 6.45) is 0.369. The lowest BCUT2D eigenvalue weighted by molar-refractivity contribution is -0.142. The zero-order chi connectivity index (χ0) is 23.8. The normalized spacial score (nSPS) is 11.5. The third-order valence-corrected chi connectivity index (χ3v) is 6.57. The van der Waals surface area contributed by atoms with E-state index in [1.54, 1.807) is 24.1 Å². The number of hydrogen-bond donors (Lipinski definition) is 1. The van der Waals surface area contributed by atoms with Crippen molar-refractivity contribution in [3.8, 4) is 5.75 Å². The van der Waals surface area contributed by atoms with Crippen molar-refractivity contribution in [1.82, 2.24) is 10.2 Å². The van der Waals surface area contributed by atoms with Gasteiger partial charge in [-0.15, -0.1) is 0 Å². The molecule has 0 aromatic heterocycles. The molecule has 5 nitrogen and oxygen atoms in total. The number of rotatable bonds is 9. The quantitative estimate of drug-likeness (QED) is 0.416. The van der Waals surface area contributed by atoms with E-state index in [0.29, 0.717) is 17.2 Å². The van der Waals surface area contributed by atoms with Crippen LogP contribution in [0, 0.1) is 6.92 Å². The van der Waals surface area contributed by atoms with Crippen molar-refractivity contribution >= 4 is 39.3 Å². The molecule has 0 saturated heterocycles. The number of benzene rings is 3. The van der Waals surface area contributed by atoms with Gasteiger partial charge < -0.3 is 15.0 Å². The van der Waals surface area contributed by atoms with Gasteiger partial charge >= 0.3 is 0 Å². The lowest BCUT2D eigenvalue weighted by Crippen LogP contribution is -2.51. The van der Waals surface area contributed by atoms with Crippen molar-refractivity contribution < 1.29 is 14.3 Å². The van der Waals surface area contributed by atoms with Gasteiger partial charge in [0.05, 0.1) is 0 Å². The third kappa shape index (κ3) is 6.83. The number of carbonyl (C=O) groups excluding carboxylic acids is 2. The first-order valence-electron chi connectivity index (χ1n) is 10.6. The Morgan fingerprint density at radius 2 is 1.76 bits per heavy atom.